The molecular weight excluding hydrogens is 332 g/mol. The highest BCUT2D eigenvalue weighted by Gasteiger charge is 2.17. The minimum atomic E-state index is -0.226. The predicted octanol–water partition coefficient (Wildman–Crippen LogP) is 2.05. The Morgan fingerprint density at radius 1 is 1.31 bits per heavy atom. The standard InChI is InChI=1S/C19H24N4O3/c1-25-15-5-2-4-14(12-15)9-10-20-18-8-7-17(22-23-18)19(24)21-13-16-6-3-11-26-16/h2,4-5,7-8,12,16H,3,6,9-11,13H2,1H3,(H,20,23)(H,21,24). The van der Waals surface area contributed by atoms with E-state index in [0.29, 0.717) is 24.6 Å². The molecule has 3 rings (SSSR count). The van der Waals surface area contributed by atoms with Gasteiger partial charge in [-0.15, -0.1) is 10.2 Å². The molecule has 0 saturated carbocycles. The zero-order chi connectivity index (χ0) is 18.2. The van der Waals surface area contributed by atoms with Crippen LogP contribution in [0.1, 0.15) is 28.9 Å². The predicted molar refractivity (Wildman–Crippen MR) is 98.5 cm³/mol. The van der Waals surface area contributed by atoms with Crippen LogP contribution in [0.2, 0.25) is 0 Å². The van der Waals surface area contributed by atoms with Crippen LogP contribution in [0.5, 0.6) is 5.75 Å². The van der Waals surface area contributed by atoms with Gasteiger partial charge < -0.3 is 20.1 Å². The molecule has 1 aromatic heterocycles. The third-order valence-electron chi connectivity index (χ3n) is 4.27. The van der Waals surface area contributed by atoms with Gasteiger partial charge in [-0.3, -0.25) is 4.79 Å². The van der Waals surface area contributed by atoms with Gasteiger partial charge in [0, 0.05) is 19.7 Å². The Kier molecular flexibility index (Phi) is 6.38. The molecule has 0 bridgehead atoms. The summed E-state index contributed by atoms with van der Waals surface area (Å²) in [5.41, 5.74) is 1.48. The maximum atomic E-state index is 12.1. The number of amides is 1. The molecule has 1 fully saturated rings. The second kappa shape index (κ2) is 9.15. The molecule has 2 N–H and O–H groups in total. The van der Waals surface area contributed by atoms with E-state index in [1.54, 1.807) is 19.2 Å². The molecule has 7 nitrogen and oxygen atoms in total. The summed E-state index contributed by atoms with van der Waals surface area (Å²) in [6, 6.07) is 11.4. The molecule has 1 aliphatic rings. The average molecular weight is 356 g/mol. The molecule has 2 aromatic rings. The summed E-state index contributed by atoms with van der Waals surface area (Å²) in [5, 5.41) is 14.1. The molecule has 1 unspecified atom stereocenters. The number of anilines is 1. The van der Waals surface area contributed by atoms with Crippen LogP contribution in [0.25, 0.3) is 0 Å². The number of methoxy groups -OCH3 is 1. The molecule has 1 amide bonds. The van der Waals surface area contributed by atoms with Gasteiger partial charge in [0.2, 0.25) is 0 Å². The number of nitrogens with zero attached hydrogens (tertiary/aromatic N) is 2. The van der Waals surface area contributed by atoms with Gasteiger partial charge in [0.1, 0.15) is 11.6 Å². The molecule has 138 valence electrons. The highest BCUT2D eigenvalue weighted by Crippen LogP contribution is 2.13. The molecule has 0 spiro atoms. The summed E-state index contributed by atoms with van der Waals surface area (Å²) in [6.07, 6.45) is 2.99. The fourth-order valence-electron chi connectivity index (χ4n) is 2.81. The number of carbonyl (C=O) groups excluding carboxylic acids is 1. The molecule has 1 atom stereocenters. The molecule has 7 heteroatoms. The van der Waals surface area contributed by atoms with Crippen LogP contribution in [0.15, 0.2) is 36.4 Å². The zero-order valence-corrected chi connectivity index (χ0v) is 14.9. The Bertz CT molecular complexity index is 715. The van der Waals surface area contributed by atoms with Crippen LogP contribution >= 0.6 is 0 Å². The second-order valence-electron chi connectivity index (χ2n) is 6.18. The third-order valence-corrected chi connectivity index (χ3v) is 4.27. The quantitative estimate of drug-likeness (QED) is 0.753. The Labute approximate surface area is 153 Å². The van der Waals surface area contributed by atoms with Crippen LogP contribution in [-0.4, -0.2) is 49.0 Å². The van der Waals surface area contributed by atoms with Crippen molar-refractivity contribution in [1.82, 2.24) is 15.5 Å². The Balaban J connectivity index is 1.44. The van der Waals surface area contributed by atoms with Gasteiger partial charge in [-0.25, -0.2) is 0 Å². The van der Waals surface area contributed by atoms with Crippen molar-refractivity contribution < 1.29 is 14.3 Å². The third kappa shape index (κ3) is 5.16. The van der Waals surface area contributed by atoms with E-state index in [2.05, 4.69) is 26.9 Å². The lowest BCUT2D eigenvalue weighted by Crippen LogP contribution is -2.32. The van der Waals surface area contributed by atoms with E-state index in [1.165, 1.54) is 5.56 Å². The topological polar surface area (TPSA) is 85.4 Å². The summed E-state index contributed by atoms with van der Waals surface area (Å²) in [7, 11) is 1.66. The highest BCUT2D eigenvalue weighted by molar-refractivity contribution is 5.92. The Morgan fingerprint density at radius 3 is 2.96 bits per heavy atom. The monoisotopic (exact) mass is 356 g/mol. The lowest BCUT2D eigenvalue weighted by Gasteiger charge is -2.10. The summed E-state index contributed by atoms with van der Waals surface area (Å²) in [4.78, 5) is 12.1. The van der Waals surface area contributed by atoms with Gasteiger partial charge in [-0.2, -0.15) is 0 Å². The van der Waals surface area contributed by atoms with E-state index in [4.69, 9.17) is 9.47 Å². The van der Waals surface area contributed by atoms with Crippen molar-refractivity contribution in [2.75, 3.05) is 32.1 Å². The van der Waals surface area contributed by atoms with Crippen molar-refractivity contribution in [3.63, 3.8) is 0 Å². The summed E-state index contributed by atoms with van der Waals surface area (Å²) in [6.45, 7) is 2.00. The van der Waals surface area contributed by atoms with Crippen molar-refractivity contribution >= 4 is 11.7 Å². The summed E-state index contributed by atoms with van der Waals surface area (Å²) < 4.78 is 10.7. The second-order valence-corrected chi connectivity index (χ2v) is 6.18. The molecule has 1 saturated heterocycles. The van der Waals surface area contributed by atoms with Crippen LogP contribution in [0, 0.1) is 0 Å². The molecule has 2 heterocycles. The maximum absolute atomic E-state index is 12.1. The van der Waals surface area contributed by atoms with Gasteiger partial charge in [-0.05, 0) is 49.1 Å². The number of hydrogen-bond donors (Lipinski definition) is 2. The van der Waals surface area contributed by atoms with Crippen molar-refractivity contribution in [1.29, 1.82) is 0 Å². The van der Waals surface area contributed by atoms with Crippen molar-refractivity contribution in [2.45, 2.75) is 25.4 Å². The smallest absolute Gasteiger partial charge is 0.271 e. The molecule has 0 aliphatic carbocycles. The van der Waals surface area contributed by atoms with Gasteiger partial charge in [0.15, 0.2) is 5.69 Å². The highest BCUT2D eigenvalue weighted by atomic mass is 16.5. The first-order chi connectivity index (χ1) is 12.7. The van der Waals surface area contributed by atoms with Crippen LogP contribution in [-0.2, 0) is 11.2 Å². The average Bonchev–Trinajstić information content (AvgIpc) is 3.20. The van der Waals surface area contributed by atoms with E-state index < -0.39 is 0 Å². The van der Waals surface area contributed by atoms with Gasteiger partial charge in [-0.1, -0.05) is 12.1 Å². The summed E-state index contributed by atoms with van der Waals surface area (Å²) in [5.74, 6) is 1.26. The van der Waals surface area contributed by atoms with E-state index in [-0.39, 0.29) is 12.0 Å². The number of carbonyl (C=O) groups is 1. The van der Waals surface area contributed by atoms with Crippen LogP contribution in [0.4, 0.5) is 5.82 Å². The lowest BCUT2D eigenvalue weighted by atomic mass is 10.1. The first-order valence-corrected chi connectivity index (χ1v) is 8.85. The molecule has 1 aromatic carbocycles. The van der Waals surface area contributed by atoms with Crippen molar-refractivity contribution in [3.05, 3.63) is 47.7 Å². The molecule has 0 radical (unpaired) electrons. The van der Waals surface area contributed by atoms with E-state index in [9.17, 15) is 4.79 Å². The largest absolute Gasteiger partial charge is 0.497 e. The van der Waals surface area contributed by atoms with E-state index in [0.717, 1.165) is 31.6 Å². The summed E-state index contributed by atoms with van der Waals surface area (Å²) >= 11 is 0. The fraction of sp³-hybridized carbons (Fsp3) is 0.421. The Hall–Kier alpha value is -2.67. The minimum absolute atomic E-state index is 0.115. The van der Waals surface area contributed by atoms with Crippen molar-refractivity contribution in [2.24, 2.45) is 0 Å². The minimum Gasteiger partial charge on any atom is -0.497 e. The number of benzene rings is 1. The fourth-order valence-corrected chi connectivity index (χ4v) is 2.81. The number of nitrogens with one attached hydrogen (secondary N) is 2. The van der Waals surface area contributed by atoms with Crippen LogP contribution < -0.4 is 15.4 Å². The SMILES string of the molecule is COc1cccc(CCNc2ccc(C(=O)NCC3CCCO3)nn2)c1. The number of hydrogen-bond acceptors (Lipinski definition) is 6. The number of aromatic nitrogens is 2. The first-order valence-electron chi connectivity index (χ1n) is 8.85. The van der Waals surface area contributed by atoms with Gasteiger partial charge in [0.05, 0.1) is 13.2 Å². The van der Waals surface area contributed by atoms with E-state index in [1.807, 2.05) is 18.2 Å². The van der Waals surface area contributed by atoms with Crippen LogP contribution in [0.3, 0.4) is 0 Å². The molecular formula is C19H24N4O3. The number of ether oxygens (including phenoxy) is 2. The first kappa shape index (κ1) is 18.1. The molecule has 1 aliphatic heterocycles. The van der Waals surface area contributed by atoms with Crippen molar-refractivity contribution in [3.8, 4) is 5.75 Å². The molecule has 26 heavy (non-hydrogen) atoms. The number of rotatable bonds is 8. The normalized spacial score (nSPS) is 16.3. The maximum Gasteiger partial charge on any atom is 0.271 e. The Morgan fingerprint density at radius 2 is 2.23 bits per heavy atom. The zero-order valence-electron chi connectivity index (χ0n) is 14.9. The van der Waals surface area contributed by atoms with E-state index >= 15 is 0 Å². The van der Waals surface area contributed by atoms with Gasteiger partial charge >= 0.3 is 0 Å². The van der Waals surface area contributed by atoms with Gasteiger partial charge in [0.25, 0.3) is 5.91 Å². The lowest BCUT2D eigenvalue weighted by molar-refractivity contribution is 0.0853.